The number of hydrogen-bond donors (Lipinski definition) is 1. The minimum atomic E-state index is -0.436. The molecule has 5 unspecified atom stereocenters. The number of rotatable bonds is 12. The number of benzene rings is 3. The van der Waals surface area contributed by atoms with Crippen LogP contribution in [0.1, 0.15) is 148 Å². The third-order valence-electron chi connectivity index (χ3n) is 12.3. The van der Waals surface area contributed by atoms with Crippen molar-refractivity contribution < 1.29 is 0 Å². The molecule has 3 aromatic rings. The predicted octanol–water partition coefficient (Wildman–Crippen LogP) is 13.7. The van der Waals surface area contributed by atoms with Crippen molar-refractivity contribution >= 4 is 13.2 Å². The quantitative estimate of drug-likeness (QED) is 0.187. The van der Waals surface area contributed by atoms with Crippen LogP contribution in [-0.4, -0.2) is 11.7 Å². The Morgan fingerprint density at radius 2 is 1.25 bits per heavy atom. The van der Waals surface area contributed by atoms with Crippen LogP contribution in [0.15, 0.2) is 89.5 Å². The molecule has 0 bridgehead atoms. The zero-order chi connectivity index (χ0) is 38.1. The van der Waals surface area contributed by atoms with Gasteiger partial charge in [-0.05, 0) is 140 Å². The van der Waals surface area contributed by atoms with Crippen molar-refractivity contribution in [2.75, 3.05) is 6.16 Å². The molecule has 0 heterocycles. The van der Waals surface area contributed by atoms with Gasteiger partial charge in [0.15, 0.2) is 0 Å². The summed E-state index contributed by atoms with van der Waals surface area (Å²) < 4.78 is 0. The van der Waals surface area contributed by atoms with Gasteiger partial charge in [0.1, 0.15) is 0 Å². The van der Waals surface area contributed by atoms with Gasteiger partial charge in [0.05, 0.1) is 0 Å². The van der Waals surface area contributed by atoms with E-state index in [0.717, 1.165) is 25.2 Å². The number of aryl methyl sites for hydroxylation is 3. The topological polar surface area (TPSA) is 26.0 Å². The summed E-state index contributed by atoms with van der Waals surface area (Å²) >= 11 is 0. The molecule has 1 aliphatic rings. The zero-order valence-corrected chi connectivity index (χ0v) is 36.1. The summed E-state index contributed by atoms with van der Waals surface area (Å²) in [6, 6.07) is 25.8. The van der Waals surface area contributed by atoms with Gasteiger partial charge in [-0.3, -0.25) is 0 Å². The van der Waals surface area contributed by atoms with Crippen LogP contribution in [0.5, 0.6) is 0 Å². The molecule has 0 aromatic heterocycles. The van der Waals surface area contributed by atoms with Gasteiger partial charge in [-0.2, -0.15) is 0 Å². The highest BCUT2D eigenvalue weighted by Crippen LogP contribution is 2.53. The maximum Gasteiger partial charge on any atom is 0.0247 e. The fraction of sp³-hybridized carbons (Fsp3) is 0.551. The second-order valence-corrected chi connectivity index (χ2v) is 21.9. The van der Waals surface area contributed by atoms with Crippen molar-refractivity contribution in [1.82, 2.24) is 0 Å². The summed E-state index contributed by atoms with van der Waals surface area (Å²) in [7, 11) is -0.436. The standard InChI is InChI=1S/C49H72NP/c1-33-25-35(3)42(36(4)26-33)31-51(32-43-37(5)27-34(2)28-38(43)6)41-23-21-40(22-24-41)44(47(10,11)12)30-48(13,14)49(15,50)45(29-46(7,8)9)39-19-17-16-18-20-39/h16-27,34,44-45H,28-32,50H2,1-15H3. The largest absolute Gasteiger partial charge is 0.324 e. The molecule has 2 N–H and O–H groups in total. The first-order chi connectivity index (χ1) is 23.5. The molecule has 0 aliphatic heterocycles. The molecule has 0 saturated carbocycles. The second kappa shape index (κ2) is 15.9. The molecule has 278 valence electrons. The average molecular weight is 706 g/mol. The van der Waals surface area contributed by atoms with E-state index in [2.05, 4.69) is 177 Å². The molecule has 1 aliphatic carbocycles. The summed E-state index contributed by atoms with van der Waals surface area (Å²) in [4.78, 5) is 0. The fourth-order valence-electron chi connectivity index (χ4n) is 8.89. The first kappa shape index (κ1) is 41.3. The molecule has 0 spiro atoms. The summed E-state index contributed by atoms with van der Waals surface area (Å²) in [6.45, 7) is 35.5. The molecular formula is C49H72NP. The summed E-state index contributed by atoms with van der Waals surface area (Å²) in [5, 5.41) is 1.52. The van der Waals surface area contributed by atoms with Gasteiger partial charge in [-0.15, -0.1) is 0 Å². The lowest BCUT2D eigenvalue weighted by molar-refractivity contribution is 0.0869. The van der Waals surface area contributed by atoms with Crippen LogP contribution in [0.25, 0.3) is 0 Å². The molecule has 0 amide bonds. The fourth-order valence-corrected chi connectivity index (χ4v) is 11.7. The van der Waals surface area contributed by atoms with Gasteiger partial charge < -0.3 is 5.73 Å². The number of nitrogens with two attached hydrogens (primary N) is 1. The van der Waals surface area contributed by atoms with E-state index in [0.29, 0.717) is 11.8 Å². The van der Waals surface area contributed by atoms with Gasteiger partial charge in [-0.1, -0.05) is 160 Å². The Morgan fingerprint density at radius 1 is 0.706 bits per heavy atom. The van der Waals surface area contributed by atoms with Gasteiger partial charge in [0.25, 0.3) is 0 Å². The molecule has 51 heavy (non-hydrogen) atoms. The zero-order valence-electron chi connectivity index (χ0n) is 35.2. The normalized spacial score (nSPS) is 19.0. The molecule has 1 nitrogen and oxygen atoms in total. The maximum absolute atomic E-state index is 7.63. The molecule has 4 rings (SSSR count). The Labute approximate surface area is 315 Å². The first-order valence-electron chi connectivity index (χ1n) is 19.6. The highest BCUT2D eigenvalue weighted by molar-refractivity contribution is 7.65. The van der Waals surface area contributed by atoms with E-state index in [1.807, 2.05) is 0 Å². The van der Waals surface area contributed by atoms with E-state index in [9.17, 15) is 0 Å². The van der Waals surface area contributed by atoms with Crippen LogP contribution in [0.4, 0.5) is 0 Å². The highest BCUT2D eigenvalue weighted by atomic mass is 31.1. The predicted molar refractivity (Wildman–Crippen MR) is 229 cm³/mol. The first-order valence-corrected chi connectivity index (χ1v) is 21.3. The lowest BCUT2D eigenvalue weighted by Crippen LogP contribution is -2.56. The van der Waals surface area contributed by atoms with Crippen molar-refractivity contribution in [2.24, 2.45) is 27.9 Å². The monoisotopic (exact) mass is 706 g/mol. The van der Waals surface area contributed by atoms with Gasteiger partial charge in [-0.25, -0.2) is 0 Å². The summed E-state index contributed by atoms with van der Waals surface area (Å²) in [5.74, 6) is 1.26. The van der Waals surface area contributed by atoms with Crippen molar-refractivity contribution in [3.05, 3.63) is 123 Å². The number of allylic oxidation sites excluding steroid dienone is 4. The highest BCUT2D eigenvalue weighted by Gasteiger charge is 2.47. The van der Waals surface area contributed by atoms with E-state index < -0.39 is 13.5 Å². The molecule has 0 saturated heterocycles. The Hall–Kier alpha value is -2.47. The molecule has 3 aromatic carbocycles. The average Bonchev–Trinajstić information content (AvgIpc) is 3.00. The van der Waals surface area contributed by atoms with Crippen molar-refractivity contribution in [3.8, 4) is 0 Å². The lowest BCUT2D eigenvalue weighted by Gasteiger charge is -2.51. The van der Waals surface area contributed by atoms with Crippen molar-refractivity contribution in [1.29, 1.82) is 0 Å². The lowest BCUT2D eigenvalue weighted by atomic mass is 9.57. The SMILES string of the molecule is CC1=CC(C)CC(C)=C1CP(Cc1c(C)cc(C)cc1C)c1ccc(C(CC(C)(C)C(C)(N)C(CC(C)(C)C)c2ccccc2)C(C)(C)C)cc1. The molecule has 0 fully saturated rings. The van der Waals surface area contributed by atoms with Crippen LogP contribution >= 0.6 is 7.92 Å². The minimum Gasteiger partial charge on any atom is -0.324 e. The van der Waals surface area contributed by atoms with Gasteiger partial charge in [0, 0.05) is 11.5 Å². The van der Waals surface area contributed by atoms with Crippen LogP contribution in [0.2, 0.25) is 0 Å². The molecule has 5 atom stereocenters. The van der Waals surface area contributed by atoms with E-state index in [-0.39, 0.29) is 22.2 Å². The molecular weight excluding hydrogens is 634 g/mol. The summed E-state index contributed by atoms with van der Waals surface area (Å²) in [5.41, 5.74) is 20.6. The maximum atomic E-state index is 7.63. The van der Waals surface area contributed by atoms with Gasteiger partial charge in [0.2, 0.25) is 0 Å². The van der Waals surface area contributed by atoms with Crippen molar-refractivity contribution in [3.63, 3.8) is 0 Å². The van der Waals surface area contributed by atoms with E-state index in [4.69, 9.17) is 5.73 Å². The number of hydrogen-bond acceptors (Lipinski definition) is 1. The smallest absolute Gasteiger partial charge is 0.0247 e. The van der Waals surface area contributed by atoms with Crippen LogP contribution in [0.3, 0.4) is 0 Å². The second-order valence-electron chi connectivity index (χ2n) is 19.6. The van der Waals surface area contributed by atoms with E-state index >= 15 is 0 Å². The van der Waals surface area contributed by atoms with Crippen LogP contribution in [0, 0.1) is 42.9 Å². The van der Waals surface area contributed by atoms with Crippen LogP contribution < -0.4 is 11.0 Å². The third-order valence-corrected chi connectivity index (χ3v) is 14.7. The Kier molecular flexibility index (Phi) is 12.8. The minimum absolute atomic E-state index is 0.0879. The van der Waals surface area contributed by atoms with E-state index in [1.54, 1.807) is 16.7 Å². The third kappa shape index (κ3) is 10.1. The Morgan fingerprint density at radius 3 is 1.76 bits per heavy atom. The van der Waals surface area contributed by atoms with Gasteiger partial charge >= 0.3 is 0 Å². The summed E-state index contributed by atoms with van der Waals surface area (Å²) in [6.07, 6.45) is 8.05. The Balaban J connectivity index is 1.71. The van der Waals surface area contributed by atoms with Crippen molar-refractivity contribution in [2.45, 2.75) is 147 Å². The Bertz CT molecular complexity index is 1660. The van der Waals surface area contributed by atoms with Crippen LogP contribution in [-0.2, 0) is 6.16 Å². The molecule has 0 radical (unpaired) electrons. The molecule has 2 heteroatoms. The van der Waals surface area contributed by atoms with E-state index in [1.165, 1.54) is 45.1 Å².